The molecule has 0 aliphatic rings. The van der Waals surface area contributed by atoms with Gasteiger partial charge in [-0.1, -0.05) is 25.4 Å². The van der Waals surface area contributed by atoms with Crippen LogP contribution in [0.5, 0.6) is 0 Å². The van der Waals surface area contributed by atoms with Crippen LogP contribution in [0.2, 0.25) is 5.15 Å². The molecular formula is C10H15ClN2. The standard InChI is InChI=1S/C10H15ClN2/c1-7(2)3-9-4-8(6-12)5-10(11)13-9/h4-5,7H,3,6,12H2,1-2H3. The Kier molecular flexibility index (Phi) is 3.70. The minimum absolute atomic E-state index is 0.521. The molecule has 0 aliphatic heterocycles. The quantitative estimate of drug-likeness (QED) is 0.758. The molecule has 1 heterocycles. The molecule has 13 heavy (non-hydrogen) atoms. The van der Waals surface area contributed by atoms with Gasteiger partial charge in [-0.2, -0.15) is 0 Å². The van der Waals surface area contributed by atoms with E-state index in [1.165, 1.54) is 0 Å². The third-order valence-electron chi connectivity index (χ3n) is 1.76. The molecule has 0 aromatic carbocycles. The van der Waals surface area contributed by atoms with Crippen LogP contribution in [0.1, 0.15) is 25.1 Å². The van der Waals surface area contributed by atoms with Gasteiger partial charge in [0.05, 0.1) is 0 Å². The fourth-order valence-corrected chi connectivity index (χ4v) is 1.50. The maximum Gasteiger partial charge on any atom is 0.129 e. The summed E-state index contributed by atoms with van der Waals surface area (Å²) in [5, 5.41) is 0.540. The molecule has 0 saturated carbocycles. The van der Waals surface area contributed by atoms with Gasteiger partial charge in [-0.25, -0.2) is 4.98 Å². The number of nitrogens with zero attached hydrogens (tertiary/aromatic N) is 1. The largest absolute Gasteiger partial charge is 0.326 e. The average molecular weight is 199 g/mol. The van der Waals surface area contributed by atoms with E-state index in [1.807, 2.05) is 12.1 Å². The van der Waals surface area contributed by atoms with Crippen molar-refractivity contribution in [3.63, 3.8) is 0 Å². The first kappa shape index (κ1) is 10.5. The van der Waals surface area contributed by atoms with Crippen LogP contribution < -0.4 is 5.73 Å². The van der Waals surface area contributed by atoms with Crippen LogP contribution in [0, 0.1) is 5.92 Å². The first-order chi connectivity index (χ1) is 6.11. The predicted molar refractivity (Wildman–Crippen MR) is 55.7 cm³/mol. The summed E-state index contributed by atoms with van der Waals surface area (Å²) in [5.74, 6) is 0.594. The second-order valence-electron chi connectivity index (χ2n) is 3.59. The Morgan fingerprint density at radius 2 is 2.15 bits per heavy atom. The fraction of sp³-hybridized carbons (Fsp3) is 0.500. The van der Waals surface area contributed by atoms with Crippen LogP contribution in [0.3, 0.4) is 0 Å². The molecule has 1 rings (SSSR count). The number of nitrogens with two attached hydrogens (primary N) is 1. The van der Waals surface area contributed by atoms with Crippen LogP contribution in [0.25, 0.3) is 0 Å². The number of hydrogen-bond acceptors (Lipinski definition) is 2. The Bertz CT molecular complexity index is 284. The van der Waals surface area contributed by atoms with Crippen molar-refractivity contribution in [3.05, 3.63) is 28.5 Å². The molecule has 0 saturated heterocycles. The van der Waals surface area contributed by atoms with Crippen LogP contribution in [-0.4, -0.2) is 4.98 Å². The Balaban J connectivity index is 2.88. The van der Waals surface area contributed by atoms with Crippen LogP contribution in [-0.2, 0) is 13.0 Å². The van der Waals surface area contributed by atoms with Gasteiger partial charge >= 0.3 is 0 Å². The SMILES string of the molecule is CC(C)Cc1cc(CN)cc(Cl)n1. The van der Waals surface area contributed by atoms with E-state index in [0.717, 1.165) is 17.7 Å². The zero-order chi connectivity index (χ0) is 9.84. The second-order valence-corrected chi connectivity index (χ2v) is 3.98. The Labute approximate surface area is 84.1 Å². The highest BCUT2D eigenvalue weighted by Crippen LogP contribution is 2.13. The molecule has 3 heteroatoms. The monoisotopic (exact) mass is 198 g/mol. The van der Waals surface area contributed by atoms with E-state index in [0.29, 0.717) is 17.6 Å². The van der Waals surface area contributed by atoms with E-state index < -0.39 is 0 Å². The molecule has 0 aliphatic carbocycles. The molecule has 0 radical (unpaired) electrons. The molecular weight excluding hydrogens is 184 g/mol. The van der Waals surface area contributed by atoms with Gasteiger partial charge in [0.2, 0.25) is 0 Å². The lowest BCUT2D eigenvalue weighted by atomic mass is 10.1. The van der Waals surface area contributed by atoms with Gasteiger partial charge < -0.3 is 5.73 Å². The normalized spacial score (nSPS) is 10.8. The van der Waals surface area contributed by atoms with Crippen molar-refractivity contribution in [2.24, 2.45) is 11.7 Å². The van der Waals surface area contributed by atoms with Crippen molar-refractivity contribution in [2.75, 3.05) is 0 Å². The van der Waals surface area contributed by atoms with Gasteiger partial charge in [-0.15, -0.1) is 0 Å². The maximum absolute atomic E-state index is 5.85. The highest BCUT2D eigenvalue weighted by molar-refractivity contribution is 6.29. The highest BCUT2D eigenvalue weighted by Gasteiger charge is 2.02. The number of hydrogen-bond donors (Lipinski definition) is 1. The van der Waals surface area contributed by atoms with E-state index >= 15 is 0 Å². The van der Waals surface area contributed by atoms with Crippen molar-refractivity contribution < 1.29 is 0 Å². The fourth-order valence-electron chi connectivity index (χ4n) is 1.25. The molecule has 0 fully saturated rings. The summed E-state index contributed by atoms with van der Waals surface area (Å²) in [4.78, 5) is 4.23. The number of aromatic nitrogens is 1. The van der Waals surface area contributed by atoms with Crippen molar-refractivity contribution >= 4 is 11.6 Å². The van der Waals surface area contributed by atoms with Crippen LogP contribution in [0.4, 0.5) is 0 Å². The molecule has 0 atom stereocenters. The molecule has 0 unspecified atom stereocenters. The van der Waals surface area contributed by atoms with Crippen molar-refractivity contribution in [3.8, 4) is 0 Å². The van der Waals surface area contributed by atoms with Gasteiger partial charge in [0, 0.05) is 12.2 Å². The number of pyridine rings is 1. The lowest BCUT2D eigenvalue weighted by molar-refractivity contribution is 0.634. The van der Waals surface area contributed by atoms with E-state index in [2.05, 4.69) is 18.8 Å². The summed E-state index contributed by atoms with van der Waals surface area (Å²) in [7, 11) is 0. The van der Waals surface area contributed by atoms with Crippen molar-refractivity contribution in [1.82, 2.24) is 4.98 Å². The zero-order valence-electron chi connectivity index (χ0n) is 8.05. The summed E-state index contributed by atoms with van der Waals surface area (Å²) in [6.07, 6.45) is 0.952. The Morgan fingerprint density at radius 3 is 2.69 bits per heavy atom. The minimum Gasteiger partial charge on any atom is -0.326 e. The van der Waals surface area contributed by atoms with Gasteiger partial charge in [0.25, 0.3) is 0 Å². The van der Waals surface area contributed by atoms with E-state index in [4.69, 9.17) is 17.3 Å². The van der Waals surface area contributed by atoms with Crippen molar-refractivity contribution in [1.29, 1.82) is 0 Å². The smallest absolute Gasteiger partial charge is 0.129 e. The third-order valence-corrected chi connectivity index (χ3v) is 1.95. The lowest BCUT2D eigenvalue weighted by Crippen LogP contribution is -2.02. The van der Waals surface area contributed by atoms with Gasteiger partial charge in [-0.05, 0) is 30.0 Å². The van der Waals surface area contributed by atoms with E-state index in [9.17, 15) is 0 Å². The third kappa shape index (κ3) is 3.33. The Morgan fingerprint density at radius 1 is 1.46 bits per heavy atom. The van der Waals surface area contributed by atoms with Crippen molar-refractivity contribution in [2.45, 2.75) is 26.8 Å². The van der Waals surface area contributed by atoms with Gasteiger partial charge in [-0.3, -0.25) is 0 Å². The maximum atomic E-state index is 5.85. The summed E-state index contributed by atoms with van der Waals surface area (Å²) in [5.41, 5.74) is 7.61. The van der Waals surface area contributed by atoms with Gasteiger partial charge in [0.1, 0.15) is 5.15 Å². The summed E-state index contributed by atoms with van der Waals surface area (Å²) >= 11 is 5.85. The first-order valence-corrected chi connectivity index (χ1v) is 4.85. The van der Waals surface area contributed by atoms with Gasteiger partial charge in [0.15, 0.2) is 0 Å². The van der Waals surface area contributed by atoms with E-state index in [-0.39, 0.29) is 0 Å². The molecule has 1 aromatic rings. The van der Waals surface area contributed by atoms with Crippen LogP contribution in [0.15, 0.2) is 12.1 Å². The molecule has 0 spiro atoms. The number of halogens is 1. The molecule has 72 valence electrons. The molecule has 2 N–H and O–H groups in total. The summed E-state index contributed by atoms with van der Waals surface area (Å²) in [6.45, 7) is 4.84. The Hall–Kier alpha value is -0.600. The van der Waals surface area contributed by atoms with E-state index in [1.54, 1.807) is 0 Å². The molecule has 0 amide bonds. The predicted octanol–water partition coefficient (Wildman–Crippen LogP) is 2.39. The minimum atomic E-state index is 0.521. The summed E-state index contributed by atoms with van der Waals surface area (Å²) < 4.78 is 0. The average Bonchev–Trinajstić information content (AvgIpc) is 2.01. The lowest BCUT2D eigenvalue weighted by Gasteiger charge is -2.06. The first-order valence-electron chi connectivity index (χ1n) is 4.47. The topological polar surface area (TPSA) is 38.9 Å². The molecule has 1 aromatic heterocycles. The molecule has 2 nitrogen and oxygen atoms in total. The second kappa shape index (κ2) is 4.58. The zero-order valence-corrected chi connectivity index (χ0v) is 8.80. The number of rotatable bonds is 3. The summed E-state index contributed by atoms with van der Waals surface area (Å²) in [6, 6.07) is 3.83. The van der Waals surface area contributed by atoms with Crippen LogP contribution >= 0.6 is 11.6 Å². The molecule has 0 bridgehead atoms. The highest BCUT2D eigenvalue weighted by atomic mass is 35.5.